The fourth-order valence-electron chi connectivity index (χ4n) is 4.53. The highest BCUT2D eigenvalue weighted by Gasteiger charge is 2.52. The normalized spacial score (nSPS) is 27.4. The SMILES string of the molecule is CCC12CCC(CC(NCCNC(=O)c3ccc(Cl)cc3)C1)N2C(=O)O. The average Bonchev–Trinajstić information content (AvgIpc) is 2.87. The van der Waals surface area contributed by atoms with E-state index in [1.54, 1.807) is 29.2 Å². The Morgan fingerprint density at radius 2 is 2.04 bits per heavy atom. The van der Waals surface area contributed by atoms with Gasteiger partial charge in [-0.05, 0) is 56.4 Å². The van der Waals surface area contributed by atoms with Crippen LogP contribution in [0.2, 0.25) is 5.02 Å². The van der Waals surface area contributed by atoms with Crippen LogP contribution in [0.15, 0.2) is 24.3 Å². The maximum absolute atomic E-state index is 12.1. The number of hydrogen-bond acceptors (Lipinski definition) is 3. The summed E-state index contributed by atoms with van der Waals surface area (Å²) in [7, 11) is 0. The molecule has 0 spiro atoms. The van der Waals surface area contributed by atoms with Gasteiger partial charge in [0.1, 0.15) is 0 Å². The first-order valence-electron chi connectivity index (χ1n) is 9.24. The number of carboxylic acid groups (broad SMARTS) is 1. The van der Waals surface area contributed by atoms with Crippen LogP contribution in [0.25, 0.3) is 0 Å². The molecule has 0 aromatic heterocycles. The molecule has 2 saturated heterocycles. The lowest BCUT2D eigenvalue weighted by Crippen LogP contribution is -2.58. The summed E-state index contributed by atoms with van der Waals surface area (Å²) in [5.41, 5.74) is 0.367. The molecule has 6 nitrogen and oxygen atoms in total. The van der Waals surface area contributed by atoms with Crippen molar-refractivity contribution >= 4 is 23.6 Å². The van der Waals surface area contributed by atoms with Crippen molar-refractivity contribution in [2.24, 2.45) is 0 Å². The van der Waals surface area contributed by atoms with E-state index in [0.717, 1.165) is 32.1 Å². The molecule has 142 valence electrons. The molecular formula is C19H26ClN3O3. The van der Waals surface area contributed by atoms with Crippen molar-refractivity contribution < 1.29 is 14.7 Å². The molecule has 2 heterocycles. The Hall–Kier alpha value is -1.79. The molecule has 3 atom stereocenters. The predicted molar refractivity (Wildman–Crippen MR) is 101 cm³/mol. The van der Waals surface area contributed by atoms with Gasteiger partial charge in [-0.2, -0.15) is 0 Å². The van der Waals surface area contributed by atoms with Gasteiger partial charge in [0, 0.05) is 41.3 Å². The van der Waals surface area contributed by atoms with Gasteiger partial charge in [0.2, 0.25) is 0 Å². The van der Waals surface area contributed by atoms with Gasteiger partial charge in [0.15, 0.2) is 0 Å². The summed E-state index contributed by atoms with van der Waals surface area (Å²) in [6.07, 6.45) is 3.65. The van der Waals surface area contributed by atoms with E-state index in [9.17, 15) is 14.7 Å². The molecule has 0 radical (unpaired) electrons. The third kappa shape index (κ3) is 3.81. The van der Waals surface area contributed by atoms with Gasteiger partial charge in [-0.15, -0.1) is 0 Å². The second-order valence-corrected chi connectivity index (χ2v) is 7.71. The van der Waals surface area contributed by atoms with Crippen molar-refractivity contribution in [3.8, 4) is 0 Å². The Balaban J connectivity index is 1.47. The summed E-state index contributed by atoms with van der Waals surface area (Å²) in [5.74, 6) is -0.116. The van der Waals surface area contributed by atoms with E-state index in [1.807, 2.05) is 0 Å². The van der Waals surface area contributed by atoms with Gasteiger partial charge >= 0.3 is 6.09 Å². The first kappa shape index (κ1) is 19.0. The highest BCUT2D eigenvalue weighted by Crippen LogP contribution is 2.46. The number of nitrogens with one attached hydrogen (secondary N) is 2. The standard InChI is InChI=1S/C19H26ClN3O3/c1-2-19-8-7-16(23(19)18(25)26)11-15(12-19)21-9-10-22-17(24)13-3-5-14(20)6-4-13/h3-6,15-16,21H,2,7-12H2,1H3,(H,22,24)(H,25,26). The lowest BCUT2D eigenvalue weighted by Gasteiger charge is -2.46. The number of piperidine rings is 1. The molecule has 2 bridgehead atoms. The molecule has 26 heavy (non-hydrogen) atoms. The van der Waals surface area contributed by atoms with Crippen LogP contribution in [0, 0.1) is 0 Å². The molecule has 3 rings (SSSR count). The van der Waals surface area contributed by atoms with Crippen molar-refractivity contribution in [3.05, 3.63) is 34.9 Å². The maximum Gasteiger partial charge on any atom is 0.408 e. The van der Waals surface area contributed by atoms with Gasteiger partial charge < -0.3 is 15.7 Å². The minimum Gasteiger partial charge on any atom is -0.465 e. The molecule has 1 aromatic rings. The topological polar surface area (TPSA) is 81.7 Å². The third-order valence-corrected chi connectivity index (χ3v) is 6.07. The van der Waals surface area contributed by atoms with Crippen LogP contribution in [-0.4, -0.2) is 52.7 Å². The summed E-state index contributed by atoms with van der Waals surface area (Å²) in [6.45, 7) is 3.28. The first-order chi connectivity index (χ1) is 12.4. The molecule has 0 aliphatic carbocycles. The Kier molecular flexibility index (Phi) is 5.73. The van der Waals surface area contributed by atoms with Crippen molar-refractivity contribution in [2.75, 3.05) is 13.1 Å². The van der Waals surface area contributed by atoms with Crippen LogP contribution in [-0.2, 0) is 0 Å². The molecule has 2 aliphatic rings. The summed E-state index contributed by atoms with van der Waals surface area (Å²) in [4.78, 5) is 25.4. The Labute approximate surface area is 158 Å². The fraction of sp³-hybridized carbons (Fsp3) is 0.579. The van der Waals surface area contributed by atoms with Crippen molar-refractivity contribution in [2.45, 2.75) is 56.7 Å². The molecule has 2 fully saturated rings. The van der Waals surface area contributed by atoms with Crippen LogP contribution in [0.3, 0.4) is 0 Å². The molecular weight excluding hydrogens is 354 g/mol. The van der Waals surface area contributed by atoms with E-state index in [0.29, 0.717) is 29.7 Å². The molecule has 0 saturated carbocycles. The highest BCUT2D eigenvalue weighted by atomic mass is 35.5. The minimum atomic E-state index is -0.789. The zero-order chi connectivity index (χ0) is 18.7. The number of carbonyl (C=O) groups excluding carboxylic acids is 1. The molecule has 2 amide bonds. The van der Waals surface area contributed by atoms with E-state index in [4.69, 9.17) is 11.6 Å². The van der Waals surface area contributed by atoms with Crippen LogP contribution in [0.4, 0.5) is 4.79 Å². The van der Waals surface area contributed by atoms with Gasteiger partial charge in [0.05, 0.1) is 0 Å². The Morgan fingerprint density at radius 1 is 1.31 bits per heavy atom. The minimum absolute atomic E-state index is 0.113. The highest BCUT2D eigenvalue weighted by molar-refractivity contribution is 6.30. The smallest absolute Gasteiger partial charge is 0.408 e. The predicted octanol–water partition coefficient (Wildman–Crippen LogP) is 3.11. The third-order valence-electron chi connectivity index (χ3n) is 5.82. The van der Waals surface area contributed by atoms with Gasteiger partial charge in [-0.1, -0.05) is 18.5 Å². The number of amides is 2. The van der Waals surface area contributed by atoms with E-state index in [1.165, 1.54) is 0 Å². The molecule has 3 unspecified atom stereocenters. The second-order valence-electron chi connectivity index (χ2n) is 7.28. The number of fused-ring (bicyclic) bond motifs is 2. The van der Waals surface area contributed by atoms with E-state index >= 15 is 0 Å². The van der Waals surface area contributed by atoms with Crippen molar-refractivity contribution in [1.82, 2.24) is 15.5 Å². The average molecular weight is 380 g/mol. The van der Waals surface area contributed by atoms with Crippen LogP contribution < -0.4 is 10.6 Å². The lowest BCUT2D eigenvalue weighted by molar-refractivity contribution is 0.0371. The summed E-state index contributed by atoms with van der Waals surface area (Å²) in [6, 6.07) is 7.22. The van der Waals surface area contributed by atoms with E-state index in [-0.39, 0.29) is 17.5 Å². The molecule has 2 aliphatic heterocycles. The second kappa shape index (κ2) is 7.84. The van der Waals surface area contributed by atoms with Crippen LogP contribution >= 0.6 is 11.6 Å². The number of halogens is 1. The Morgan fingerprint density at radius 3 is 2.69 bits per heavy atom. The zero-order valence-electron chi connectivity index (χ0n) is 15.0. The number of hydrogen-bond donors (Lipinski definition) is 3. The quantitative estimate of drug-likeness (QED) is 0.663. The maximum atomic E-state index is 12.1. The van der Waals surface area contributed by atoms with Crippen LogP contribution in [0.1, 0.15) is 49.4 Å². The number of carbonyl (C=O) groups is 2. The number of nitrogens with zero attached hydrogens (tertiary/aromatic N) is 1. The number of rotatable bonds is 6. The summed E-state index contributed by atoms with van der Waals surface area (Å²) in [5, 5.41) is 16.6. The monoisotopic (exact) mass is 379 g/mol. The summed E-state index contributed by atoms with van der Waals surface area (Å²) >= 11 is 5.83. The van der Waals surface area contributed by atoms with Crippen molar-refractivity contribution in [3.63, 3.8) is 0 Å². The van der Waals surface area contributed by atoms with Crippen molar-refractivity contribution in [1.29, 1.82) is 0 Å². The molecule has 7 heteroatoms. The van der Waals surface area contributed by atoms with E-state index in [2.05, 4.69) is 17.6 Å². The van der Waals surface area contributed by atoms with Crippen LogP contribution in [0.5, 0.6) is 0 Å². The zero-order valence-corrected chi connectivity index (χ0v) is 15.8. The van der Waals surface area contributed by atoms with E-state index < -0.39 is 6.09 Å². The largest absolute Gasteiger partial charge is 0.465 e. The Bertz CT molecular complexity index is 666. The molecule has 3 N–H and O–H groups in total. The van der Waals surface area contributed by atoms with Gasteiger partial charge in [-0.25, -0.2) is 4.79 Å². The van der Waals surface area contributed by atoms with Gasteiger partial charge in [-0.3, -0.25) is 9.69 Å². The first-order valence-corrected chi connectivity index (χ1v) is 9.62. The molecule has 1 aromatic carbocycles. The number of benzene rings is 1. The summed E-state index contributed by atoms with van der Waals surface area (Å²) < 4.78 is 0. The fourth-order valence-corrected chi connectivity index (χ4v) is 4.65. The lowest BCUT2D eigenvalue weighted by atomic mass is 9.83. The van der Waals surface area contributed by atoms with Gasteiger partial charge in [0.25, 0.3) is 5.91 Å².